The summed E-state index contributed by atoms with van der Waals surface area (Å²) in [7, 11) is 1.39. The Morgan fingerprint density at radius 2 is 2.19 bits per heavy atom. The van der Waals surface area contributed by atoms with E-state index < -0.39 is 11.4 Å². The van der Waals surface area contributed by atoms with Crippen molar-refractivity contribution in [1.29, 1.82) is 0 Å². The van der Waals surface area contributed by atoms with E-state index in [0.717, 1.165) is 0 Å². The lowest BCUT2D eigenvalue weighted by molar-refractivity contribution is -0.118. The minimum absolute atomic E-state index is 0.0254. The molecule has 0 aliphatic rings. The van der Waals surface area contributed by atoms with E-state index in [9.17, 15) is 14.3 Å². The van der Waals surface area contributed by atoms with E-state index in [4.69, 9.17) is 4.74 Å². The number of halogens is 1. The summed E-state index contributed by atoms with van der Waals surface area (Å²) in [6.07, 6.45) is 2.81. The third kappa shape index (κ3) is 5.19. The highest BCUT2D eigenvalue weighted by Gasteiger charge is 2.24. The van der Waals surface area contributed by atoms with Gasteiger partial charge in [-0.2, -0.15) is 0 Å². The molecule has 0 saturated heterocycles. The molecule has 0 aliphatic carbocycles. The van der Waals surface area contributed by atoms with Gasteiger partial charge in [-0.05, 0) is 36.6 Å². The third-order valence-electron chi connectivity index (χ3n) is 3.47. The van der Waals surface area contributed by atoms with Crippen LogP contribution in [0.5, 0.6) is 5.75 Å². The standard InChI is InChI=1S/C16H22FNO3/c1-11(2)16(3,20)10-18-15(19)8-6-12-5-7-14(21-4)13(17)9-12/h5-9,11,20H,10H2,1-4H3,(H,18,19). The second kappa shape index (κ2) is 7.22. The first-order chi connectivity index (χ1) is 9.76. The first-order valence-corrected chi connectivity index (χ1v) is 6.78. The van der Waals surface area contributed by atoms with Crippen LogP contribution in [-0.4, -0.2) is 30.3 Å². The van der Waals surface area contributed by atoms with Crippen LogP contribution in [-0.2, 0) is 4.79 Å². The Labute approximate surface area is 124 Å². The van der Waals surface area contributed by atoms with Crippen molar-refractivity contribution in [2.45, 2.75) is 26.4 Å². The maximum absolute atomic E-state index is 13.5. The minimum Gasteiger partial charge on any atom is -0.494 e. The average Bonchev–Trinajstić information content (AvgIpc) is 2.43. The van der Waals surface area contributed by atoms with Gasteiger partial charge in [-0.15, -0.1) is 0 Å². The first-order valence-electron chi connectivity index (χ1n) is 6.78. The fraction of sp³-hybridized carbons (Fsp3) is 0.438. The van der Waals surface area contributed by atoms with E-state index in [-0.39, 0.29) is 24.1 Å². The molecule has 1 aromatic carbocycles. The topological polar surface area (TPSA) is 58.6 Å². The molecular weight excluding hydrogens is 273 g/mol. The van der Waals surface area contributed by atoms with Gasteiger partial charge in [0.25, 0.3) is 0 Å². The summed E-state index contributed by atoms with van der Waals surface area (Å²) >= 11 is 0. The molecule has 0 heterocycles. The molecule has 0 aliphatic heterocycles. The summed E-state index contributed by atoms with van der Waals surface area (Å²) < 4.78 is 18.3. The minimum atomic E-state index is -0.963. The van der Waals surface area contributed by atoms with Gasteiger partial charge in [0.1, 0.15) is 0 Å². The van der Waals surface area contributed by atoms with Gasteiger partial charge in [0.15, 0.2) is 11.6 Å². The third-order valence-corrected chi connectivity index (χ3v) is 3.47. The number of benzene rings is 1. The number of nitrogens with one attached hydrogen (secondary N) is 1. The van der Waals surface area contributed by atoms with Crippen LogP contribution in [0.3, 0.4) is 0 Å². The normalized spacial score (nSPS) is 14.2. The Hall–Kier alpha value is -1.88. The molecule has 0 radical (unpaired) electrons. The predicted molar refractivity (Wildman–Crippen MR) is 80.5 cm³/mol. The molecule has 116 valence electrons. The summed E-state index contributed by atoms with van der Waals surface area (Å²) in [5.74, 6) is -0.642. The van der Waals surface area contributed by atoms with Gasteiger partial charge < -0.3 is 15.2 Å². The monoisotopic (exact) mass is 295 g/mol. The van der Waals surface area contributed by atoms with E-state index in [1.165, 1.54) is 31.4 Å². The molecule has 4 nitrogen and oxygen atoms in total. The quantitative estimate of drug-likeness (QED) is 0.792. The molecule has 1 rings (SSSR count). The van der Waals surface area contributed by atoms with Crippen molar-refractivity contribution in [3.63, 3.8) is 0 Å². The van der Waals surface area contributed by atoms with Crippen molar-refractivity contribution < 1.29 is 19.0 Å². The Balaban J connectivity index is 2.60. The number of hydrogen-bond acceptors (Lipinski definition) is 3. The summed E-state index contributed by atoms with van der Waals surface area (Å²) in [4.78, 5) is 11.7. The highest BCUT2D eigenvalue weighted by molar-refractivity contribution is 5.91. The maximum Gasteiger partial charge on any atom is 0.244 e. The van der Waals surface area contributed by atoms with Gasteiger partial charge in [-0.1, -0.05) is 19.9 Å². The number of rotatable bonds is 6. The Kier molecular flexibility index (Phi) is 5.90. The van der Waals surface area contributed by atoms with Gasteiger partial charge in [0, 0.05) is 12.6 Å². The molecule has 1 atom stereocenters. The van der Waals surface area contributed by atoms with Crippen LogP contribution in [0.1, 0.15) is 26.3 Å². The molecule has 1 amide bonds. The van der Waals surface area contributed by atoms with Crippen LogP contribution in [0.25, 0.3) is 6.08 Å². The predicted octanol–water partition coefficient (Wildman–Crippen LogP) is 2.37. The molecular formula is C16H22FNO3. The van der Waals surface area contributed by atoms with Crippen molar-refractivity contribution >= 4 is 12.0 Å². The molecule has 21 heavy (non-hydrogen) atoms. The molecule has 1 unspecified atom stereocenters. The Morgan fingerprint density at radius 3 is 2.71 bits per heavy atom. The zero-order chi connectivity index (χ0) is 16.0. The van der Waals surface area contributed by atoms with Gasteiger partial charge in [0.05, 0.1) is 12.7 Å². The van der Waals surface area contributed by atoms with E-state index in [2.05, 4.69) is 5.32 Å². The molecule has 0 bridgehead atoms. The van der Waals surface area contributed by atoms with E-state index in [1.54, 1.807) is 13.0 Å². The second-order valence-corrected chi connectivity index (χ2v) is 5.46. The molecule has 5 heteroatoms. The lowest BCUT2D eigenvalue weighted by Gasteiger charge is -2.27. The van der Waals surface area contributed by atoms with Gasteiger partial charge in [-0.25, -0.2) is 4.39 Å². The molecule has 0 spiro atoms. The van der Waals surface area contributed by atoms with Crippen molar-refractivity contribution in [3.8, 4) is 5.75 Å². The molecule has 0 fully saturated rings. The van der Waals surface area contributed by atoms with Crippen LogP contribution in [0.2, 0.25) is 0 Å². The molecule has 0 aromatic heterocycles. The van der Waals surface area contributed by atoms with Gasteiger partial charge in [0.2, 0.25) is 5.91 Å². The number of carbonyl (C=O) groups excluding carboxylic acids is 1. The summed E-state index contributed by atoms with van der Waals surface area (Å²) in [5, 5.41) is 12.6. The number of ether oxygens (including phenoxy) is 1. The highest BCUT2D eigenvalue weighted by Crippen LogP contribution is 2.18. The smallest absolute Gasteiger partial charge is 0.244 e. The van der Waals surface area contributed by atoms with Crippen LogP contribution in [0.4, 0.5) is 4.39 Å². The number of amides is 1. The highest BCUT2D eigenvalue weighted by atomic mass is 19.1. The van der Waals surface area contributed by atoms with E-state index >= 15 is 0 Å². The Bertz CT molecular complexity index is 524. The van der Waals surface area contributed by atoms with Crippen LogP contribution in [0, 0.1) is 11.7 Å². The Morgan fingerprint density at radius 1 is 1.52 bits per heavy atom. The molecule has 1 aromatic rings. The lowest BCUT2D eigenvalue weighted by atomic mass is 9.92. The fourth-order valence-electron chi connectivity index (χ4n) is 1.49. The first kappa shape index (κ1) is 17.2. The van der Waals surface area contributed by atoms with E-state index in [0.29, 0.717) is 5.56 Å². The van der Waals surface area contributed by atoms with Gasteiger partial charge in [-0.3, -0.25) is 4.79 Å². The van der Waals surface area contributed by atoms with Crippen molar-refractivity contribution in [2.75, 3.05) is 13.7 Å². The van der Waals surface area contributed by atoms with Crippen LogP contribution in [0.15, 0.2) is 24.3 Å². The lowest BCUT2D eigenvalue weighted by Crippen LogP contribution is -2.43. The average molecular weight is 295 g/mol. The van der Waals surface area contributed by atoms with Crippen LogP contribution < -0.4 is 10.1 Å². The molecule has 2 N–H and O–H groups in total. The SMILES string of the molecule is COc1ccc(C=CC(=O)NCC(C)(O)C(C)C)cc1F. The zero-order valence-corrected chi connectivity index (χ0v) is 12.8. The van der Waals surface area contributed by atoms with Gasteiger partial charge >= 0.3 is 0 Å². The second-order valence-electron chi connectivity index (χ2n) is 5.46. The van der Waals surface area contributed by atoms with Crippen molar-refractivity contribution in [3.05, 3.63) is 35.7 Å². The van der Waals surface area contributed by atoms with Crippen LogP contribution >= 0.6 is 0 Å². The number of carbonyl (C=O) groups is 1. The number of aliphatic hydroxyl groups is 1. The largest absolute Gasteiger partial charge is 0.494 e. The summed E-state index contributed by atoms with van der Waals surface area (Å²) in [6, 6.07) is 4.43. The zero-order valence-electron chi connectivity index (χ0n) is 12.8. The number of hydrogen-bond donors (Lipinski definition) is 2. The van der Waals surface area contributed by atoms with Crippen molar-refractivity contribution in [1.82, 2.24) is 5.32 Å². The number of methoxy groups -OCH3 is 1. The summed E-state index contributed by atoms with van der Waals surface area (Å²) in [6.45, 7) is 5.58. The van der Waals surface area contributed by atoms with E-state index in [1.807, 2.05) is 13.8 Å². The molecule has 0 saturated carbocycles. The fourth-order valence-corrected chi connectivity index (χ4v) is 1.49. The maximum atomic E-state index is 13.5. The summed E-state index contributed by atoms with van der Waals surface area (Å²) in [5.41, 5.74) is -0.408. The van der Waals surface area contributed by atoms with Crippen molar-refractivity contribution in [2.24, 2.45) is 5.92 Å².